The molecule has 0 aliphatic heterocycles. The van der Waals surface area contributed by atoms with Crippen LogP contribution in [0.5, 0.6) is 11.5 Å². The van der Waals surface area contributed by atoms with Gasteiger partial charge in [-0.2, -0.15) is 4.91 Å². The van der Waals surface area contributed by atoms with Gasteiger partial charge in [0.1, 0.15) is 18.0 Å². The molecule has 0 saturated carbocycles. The summed E-state index contributed by atoms with van der Waals surface area (Å²) in [6.45, 7) is 0.128. The zero-order chi connectivity index (χ0) is 11.2. The molecule has 0 heterocycles. The van der Waals surface area contributed by atoms with Gasteiger partial charge in [-0.3, -0.25) is 0 Å². The molecule has 0 fully saturated rings. The molecule has 0 bridgehead atoms. The van der Waals surface area contributed by atoms with E-state index in [4.69, 9.17) is 4.74 Å². The van der Waals surface area contributed by atoms with Crippen molar-refractivity contribution in [2.45, 2.75) is 6.54 Å². The molecule has 0 N–H and O–H groups in total. The molecule has 2 aromatic rings. The van der Waals surface area contributed by atoms with Crippen molar-refractivity contribution < 1.29 is 4.74 Å². The lowest BCUT2D eigenvalue weighted by atomic mass is 10.2. The Balaban J connectivity index is 2.24. The highest BCUT2D eigenvalue weighted by molar-refractivity contribution is 5.37. The maximum Gasteiger partial charge on any atom is 0.132 e. The van der Waals surface area contributed by atoms with Crippen molar-refractivity contribution in [3.63, 3.8) is 0 Å². The van der Waals surface area contributed by atoms with Gasteiger partial charge >= 0.3 is 0 Å². The van der Waals surface area contributed by atoms with Crippen LogP contribution in [0.4, 0.5) is 0 Å². The Hall–Kier alpha value is -2.16. The van der Waals surface area contributed by atoms with Crippen LogP contribution in [0.15, 0.2) is 59.8 Å². The van der Waals surface area contributed by atoms with Crippen molar-refractivity contribution in [3.8, 4) is 11.5 Å². The van der Waals surface area contributed by atoms with Crippen molar-refractivity contribution in [1.29, 1.82) is 0 Å². The molecule has 80 valence electrons. The van der Waals surface area contributed by atoms with E-state index in [0.717, 1.165) is 11.3 Å². The van der Waals surface area contributed by atoms with Gasteiger partial charge in [0.2, 0.25) is 0 Å². The van der Waals surface area contributed by atoms with Crippen LogP contribution < -0.4 is 4.74 Å². The van der Waals surface area contributed by atoms with Gasteiger partial charge in [-0.25, -0.2) is 0 Å². The number of rotatable bonds is 4. The van der Waals surface area contributed by atoms with Gasteiger partial charge in [0.15, 0.2) is 0 Å². The predicted molar refractivity (Wildman–Crippen MR) is 62.5 cm³/mol. The minimum atomic E-state index is 0.128. The lowest BCUT2D eigenvalue weighted by Gasteiger charge is -2.08. The largest absolute Gasteiger partial charge is 0.457 e. The Morgan fingerprint density at radius 1 is 0.938 bits per heavy atom. The molecule has 0 aliphatic rings. The van der Waals surface area contributed by atoms with Gasteiger partial charge in [0, 0.05) is 5.56 Å². The average Bonchev–Trinajstić information content (AvgIpc) is 2.33. The third-order valence-electron chi connectivity index (χ3n) is 2.18. The van der Waals surface area contributed by atoms with E-state index >= 15 is 0 Å². The summed E-state index contributed by atoms with van der Waals surface area (Å²) in [5.41, 5.74) is 0.793. The molecule has 3 heteroatoms. The standard InChI is InChI=1S/C13H11NO2/c15-14-10-11-6-4-5-9-13(11)16-12-7-2-1-3-8-12/h1-9H,10H2. The topological polar surface area (TPSA) is 38.7 Å². The molecule has 0 saturated heterocycles. The van der Waals surface area contributed by atoms with Crippen molar-refractivity contribution in [2.75, 3.05) is 0 Å². The molecule has 0 atom stereocenters. The molecule has 2 rings (SSSR count). The molecule has 0 aliphatic carbocycles. The Labute approximate surface area is 93.7 Å². The van der Waals surface area contributed by atoms with Gasteiger partial charge in [-0.05, 0) is 18.2 Å². The smallest absolute Gasteiger partial charge is 0.132 e. The maximum atomic E-state index is 10.3. The number of hydrogen-bond donors (Lipinski definition) is 0. The fourth-order valence-electron chi connectivity index (χ4n) is 1.42. The number of nitroso groups, excluding NO2 is 1. The quantitative estimate of drug-likeness (QED) is 0.725. The van der Waals surface area contributed by atoms with E-state index in [1.165, 1.54) is 0 Å². The zero-order valence-electron chi connectivity index (χ0n) is 8.67. The molecule has 0 radical (unpaired) electrons. The molecule has 2 aromatic carbocycles. The van der Waals surface area contributed by atoms with E-state index in [1.54, 1.807) is 0 Å². The molecule has 0 spiro atoms. The highest BCUT2D eigenvalue weighted by atomic mass is 16.5. The summed E-state index contributed by atoms with van der Waals surface area (Å²) in [4.78, 5) is 10.3. The molecular weight excluding hydrogens is 202 g/mol. The van der Waals surface area contributed by atoms with E-state index in [0.29, 0.717) is 5.75 Å². The molecule has 16 heavy (non-hydrogen) atoms. The number of para-hydroxylation sites is 2. The molecule has 0 amide bonds. The summed E-state index contributed by atoms with van der Waals surface area (Å²) in [6, 6.07) is 16.8. The van der Waals surface area contributed by atoms with Crippen LogP contribution in [-0.4, -0.2) is 0 Å². The second-order valence-electron chi connectivity index (χ2n) is 3.31. The summed E-state index contributed by atoms with van der Waals surface area (Å²) < 4.78 is 5.66. The first-order chi connectivity index (χ1) is 7.90. The van der Waals surface area contributed by atoms with Crippen LogP contribution in [-0.2, 0) is 6.54 Å². The normalized spacial score (nSPS) is 9.75. The molecule has 3 nitrogen and oxygen atoms in total. The number of hydrogen-bond acceptors (Lipinski definition) is 3. The minimum absolute atomic E-state index is 0.128. The number of benzene rings is 2. The van der Waals surface area contributed by atoms with Crippen LogP contribution in [0.2, 0.25) is 0 Å². The van der Waals surface area contributed by atoms with Gasteiger partial charge in [0.25, 0.3) is 0 Å². The van der Waals surface area contributed by atoms with Crippen molar-refractivity contribution in [2.24, 2.45) is 5.18 Å². The predicted octanol–water partition coefficient (Wildman–Crippen LogP) is 3.75. The first-order valence-corrected chi connectivity index (χ1v) is 5.00. The Kier molecular flexibility index (Phi) is 3.28. The lowest BCUT2D eigenvalue weighted by Crippen LogP contribution is -1.89. The van der Waals surface area contributed by atoms with Crippen molar-refractivity contribution in [3.05, 3.63) is 65.1 Å². The second-order valence-corrected chi connectivity index (χ2v) is 3.31. The van der Waals surface area contributed by atoms with Gasteiger partial charge in [0.05, 0.1) is 0 Å². The summed E-state index contributed by atoms with van der Waals surface area (Å²) >= 11 is 0. The Morgan fingerprint density at radius 2 is 1.62 bits per heavy atom. The Morgan fingerprint density at radius 3 is 2.38 bits per heavy atom. The number of ether oxygens (including phenoxy) is 1. The highest BCUT2D eigenvalue weighted by Gasteiger charge is 2.03. The summed E-state index contributed by atoms with van der Waals surface area (Å²) in [7, 11) is 0. The highest BCUT2D eigenvalue weighted by Crippen LogP contribution is 2.25. The SMILES string of the molecule is O=NCc1ccccc1Oc1ccccc1. The lowest BCUT2D eigenvalue weighted by molar-refractivity contribution is 0.476. The fourth-order valence-corrected chi connectivity index (χ4v) is 1.42. The Bertz CT molecular complexity index is 468. The van der Waals surface area contributed by atoms with Crippen LogP contribution in [0.1, 0.15) is 5.56 Å². The monoisotopic (exact) mass is 213 g/mol. The summed E-state index contributed by atoms with van der Waals surface area (Å²) in [5, 5.41) is 2.88. The number of nitrogens with zero attached hydrogens (tertiary/aromatic N) is 1. The van der Waals surface area contributed by atoms with Gasteiger partial charge in [-0.15, -0.1) is 0 Å². The van der Waals surface area contributed by atoms with E-state index in [9.17, 15) is 4.91 Å². The van der Waals surface area contributed by atoms with Gasteiger partial charge < -0.3 is 4.74 Å². The maximum absolute atomic E-state index is 10.3. The van der Waals surface area contributed by atoms with E-state index in [1.807, 2.05) is 54.6 Å². The first kappa shape index (κ1) is 10.4. The zero-order valence-corrected chi connectivity index (χ0v) is 8.67. The third-order valence-corrected chi connectivity index (χ3v) is 2.18. The van der Waals surface area contributed by atoms with Crippen LogP contribution in [0.3, 0.4) is 0 Å². The third kappa shape index (κ3) is 2.45. The van der Waals surface area contributed by atoms with E-state index in [2.05, 4.69) is 5.18 Å². The summed E-state index contributed by atoms with van der Waals surface area (Å²) in [6.07, 6.45) is 0. The van der Waals surface area contributed by atoms with E-state index in [-0.39, 0.29) is 6.54 Å². The second kappa shape index (κ2) is 5.07. The summed E-state index contributed by atoms with van der Waals surface area (Å²) in [5.74, 6) is 1.43. The van der Waals surface area contributed by atoms with Crippen LogP contribution >= 0.6 is 0 Å². The molecule has 0 aromatic heterocycles. The average molecular weight is 213 g/mol. The van der Waals surface area contributed by atoms with Crippen molar-refractivity contribution >= 4 is 0 Å². The van der Waals surface area contributed by atoms with E-state index < -0.39 is 0 Å². The fraction of sp³-hybridized carbons (Fsp3) is 0.0769. The van der Waals surface area contributed by atoms with Crippen molar-refractivity contribution in [1.82, 2.24) is 0 Å². The van der Waals surface area contributed by atoms with Crippen LogP contribution in [0.25, 0.3) is 0 Å². The first-order valence-electron chi connectivity index (χ1n) is 5.00. The minimum Gasteiger partial charge on any atom is -0.457 e. The molecular formula is C13H11NO2. The van der Waals surface area contributed by atoms with Crippen LogP contribution in [0, 0.1) is 4.91 Å². The van der Waals surface area contributed by atoms with Gasteiger partial charge in [-0.1, -0.05) is 41.6 Å². The molecule has 0 unspecified atom stereocenters.